The van der Waals surface area contributed by atoms with Gasteiger partial charge in [-0.25, -0.2) is 0 Å². The molecule has 154 valence electrons. The van der Waals surface area contributed by atoms with Crippen molar-refractivity contribution in [1.82, 2.24) is 14.9 Å². The summed E-state index contributed by atoms with van der Waals surface area (Å²) in [5.41, 5.74) is 7.48. The summed E-state index contributed by atoms with van der Waals surface area (Å²) in [6.45, 7) is 5.56. The van der Waals surface area contributed by atoms with Crippen LogP contribution in [0.4, 0.5) is 0 Å². The molecule has 0 aliphatic heterocycles. The summed E-state index contributed by atoms with van der Waals surface area (Å²) >= 11 is 5.19. The second-order valence-electron chi connectivity index (χ2n) is 7.86. The average Bonchev–Trinajstić information content (AvgIpc) is 3.16. The van der Waals surface area contributed by atoms with Crippen LogP contribution in [0.5, 0.6) is 0 Å². The van der Waals surface area contributed by atoms with Gasteiger partial charge in [-0.05, 0) is 72.4 Å². The Balaban J connectivity index is 1.34. The van der Waals surface area contributed by atoms with Crippen molar-refractivity contribution in [1.29, 1.82) is 0 Å². The maximum atomic E-state index is 5.19. The normalized spacial score (nSPS) is 11.4. The maximum Gasteiger partial charge on any atom is 0.175 e. The third-order valence-electron chi connectivity index (χ3n) is 5.61. The Hall–Kier alpha value is -2.69. The standard InChI is InChI=1S/C26H29N3S/c1-2-16-29(18-15-21-10-13-24-25(19-21)28-26(30)27-24)17-14-20-8-11-23(12-9-20)22-6-4-3-5-7-22/h3-13,19H,2,14-18H2,1H3,(H2,27,28,30). The van der Waals surface area contributed by atoms with Crippen molar-refractivity contribution in [2.45, 2.75) is 26.2 Å². The number of hydrogen-bond acceptors (Lipinski definition) is 2. The third-order valence-corrected chi connectivity index (χ3v) is 5.82. The van der Waals surface area contributed by atoms with E-state index in [1.807, 2.05) is 0 Å². The number of benzene rings is 3. The second kappa shape index (κ2) is 9.88. The molecule has 0 saturated heterocycles. The molecule has 0 saturated carbocycles. The molecule has 3 aromatic carbocycles. The number of rotatable bonds is 9. The Morgan fingerprint density at radius 3 is 2.07 bits per heavy atom. The molecule has 4 rings (SSSR count). The molecule has 3 nitrogen and oxygen atoms in total. The lowest BCUT2D eigenvalue weighted by Crippen LogP contribution is -2.29. The fourth-order valence-electron chi connectivity index (χ4n) is 3.96. The van der Waals surface area contributed by atoms with Crippen LogP contribution in [0.15, 0.2) is 72.8 Å². The second-order valence-corrected chi connectivity index (χ2v) is 8.27. The van der Waals surface area contributed by atoms with E-state index in [-0.39, 0.29) is 0 Å². The highest BCUT2D eigenvalue weighted by atomic mass is 32.1. The first-order valence-electron chi connectivity index (χ1n) is 10.8. The highest BCUT2D eigenvalue weighted by molar-refractivity contribution is 7.71. The summed E-state index contributed by atoms with van der Waals surface area (Å²) in [5, 5.41) is 0. The first-order chi connectivity index (χ1) is 14.7. The molecule has 0 bridgehead atoms. The first kappa shape index (κ1) is 20.6. The fourth-order valence-corrected chi connectivity index (χ4v) is 4.18. The fraction of sp³-hybridized carbons (Fsp3) is 0.269. The quantitative estimate of drug-likeness (QED) is 0.311. The number of imidazole rings is 1. The Kier molecular flexibility index (Phi) is 6.77. The van der Waals surface area contributed by atoms with Crippen LogP contribution in [-0.4, -0.2) is 34.5 Å². The average molecular weight is 416 g/mol. The van der Waals surface area contributed by atoms with Crippen LogP contribution >= 0.6 is 12.2 Å². The van der Waals surface area contributed by atoms with Crippen molar-refractivity contribution in [3.63, 3.8) is 0 Å². The summed E-state index contributed by atoms with van der Waals surface area (Å²) in [6, 6.07) is 26.1. The maximum absolute atomic E-state index is 5.19. The molecule has 2 N–H and O–H groups in total. The monoisotopic (exact) mass is 415 g/mol. The van der Waals surface area contributed by atoms with Crippen LogP contribution in [0.3, 0.4) is 0 Å². The SMILES string of the molecule is CCCN(CCc1ccc(-c2ccccc2)cc1)CCc1ccc2[nH]c(=S)[nH]c2c1. The summed E-state index contributed by atoms with van der Waals surface area (Å²) in [4.78, 5) is 8.97. The van der Waals surface area contributed by atoms with Crippen LogP contribution < -0.4 is 0 Å². The molecule has 0 spiro atoms. The highest BCUT2D eigenvalue weighted by Gasteiger charge is 2.07. The lowest BCUT2D eigenvalue weighted by molar-refractivity contribution is 0.281. The molecule has 1 heterocycles. The molecule has 0 fully saturated rings. The van der Waals surface area contributed by atoms with Gasteiger partial charge in [0.2, 0.25) is 0 Å². The number of nitrogens with one attached hydrogen (secondary N) is 2. The summed E-state index contributed by atoms with van der Waals surface area (Å²) in [5.74, 6) is 0. The number of aromatic amines is 2. The Morgan fingerprint density at radius 2 is 1.33 bits per heavy atom. The number of H-pyrrole nitrogens is 2. The lowest BCUT2D eigenvalue weighted by Gasteiger charge is -2.22. The minimum Gasteiger partial charge on any atom is -0.331 e. The topological polar surface area (TPSA) is 34.8 Å². The van der Waals surface area contributed by atoms with E-state index in [9.17, 15) is 0 Å². The molecule has 30 heavy (non-hydrogen) atoms. The van der Waals surface area contributed by atoms with Gasteiger partial charge < -0.3 is 14.9 Å². The van der Waals surface area contributed by atoms with Crippen molar-refractivity contribution in [2.75, 3.05) is 19.6 Å². The van der Waals surface area contributed by atoms with Gasteiger partial charge in [0.05, 0.1) is 11.0 Å². The van der Waals surface area contributed by atoms with Gasteiger partial charge in [0.1, 0.15) is 0 Å². The third kappa shape index (κ3) is 5.26. The lowest BCUT2D eigenvalue weighted by atomic mass is 10.0. The van der Waals surface area contributed by atoms with Crippen LogP contribution in [0.25, 0.3) is 22.2 Å². The van der Waals surface area contributed by atoms with E-state index < -0.39 is 0 Å². The highest BCUT2D eigenvalue weighted by Crippen LogP contribution is 2.19. The molecule has 0 unspecified atom stereocenters. The Morgan fingerprint density at radius 1 is 0.700 bits per heavy atom. The van der Waals surface area contributed by atoms with Gasteiger partial charge in [0.15, 0.2) is 4.77 Å². The molecule has 0 aliphatic rings. The number of hydrogen-bond donors (Lipinski definition) is 2. The molecule has 1 aromatic heterocycles. The zero-order valence-corrected chi connectivity index (χ0v) is 18.3. The first-order valence-corrected chi connectivity index (χ1v) is 11.2. The Bertz CT molecular complexity index is 1130. The molecular formula is C26H29N3S. The van der Waals surface area contributed by atoms with Gasteiger partial charge >= 0.3 is 0 Å². The molecule has 0 radical (unpaired) electrons. The molecule has 4 heteroatoms. The van der Waals surface area contributed by atoms with Gasteiger partial charge in [0.25, 0.3) is 0 Å². The van der Waals surface area contributed by atoms with Gasteiger partial charge in [-0.15, -0.1) is 0 Å². The van der Waals surface area contributed by atoms with E-state index in [4.69, 9.17) is 12.2 Å². The van der Waals surface area contributed by atoms with E-state index in [0.29, 0.717) is 4.77 Å². The zero-order chi connectivity index (χ0) is 20.8. The Labute approximate surface area is 183 Å². The van der Waals surface area contributed by atoms with Crippen LogP contribution in [-0.2, 0) is 12.8 Å². The smallest absolute Gasteiger partial charge is 0.175 e. The van der Waals surface area contributed by atoms with E-state index >= 15 is 0 Å². The zero-order valence-electron chi connectivity index (χ0n) is 17.5. The van der Waals surface area contributed by atoms with E-state index in [1.165, 1.54) is 28.7 Å². The minimum atomic E-state index is 0.688. The van der Waals surface area contributed by atoms with Crippen LogP contribution in [0.1, 0.15) is 24.5 Å². The number of fused-ring (bicyclic) bond motifs is 1. The van der Waals surface area contributed by atoms with Crippen LogP contribution in [0, 0.1) is 4.77 Å². The molecule has 0 atom stereocenters. The van der Waals surface area contributed by atoms with Crippen molar-refractivity contribution in [2.24, 2.45) is 0 Å². The number of nitrogens with zero attached hydrogens (tertiary/aromatic N) is 1. The largest absolute Gasteiger partial charge is 0.331 e. The molecule has 4 aromatic rings. The van der Waals surface area contributed by atoms with Crippen molar-refractivity contribution >= 4 is 23.3 Å². The van der Waals surface area contributed by atoms with Crippen molar-refractivity contribution in [3.05, 3.63) is 88.7 Å². The van der Waals surface area contributed by atoms with Gasteiger partial charge in [-0.2, -0.15) is 0 Å². The molecular weight excluding hydrogens is 386 g/mol. The van der Waals surface area contributed by atoms with E-state index in [1.54, 1.807) is 0 Å². The predicted molar refractivity (Wildman–Crippen MR) is 130 cm³/mol. The summed E-state index contributed by atoms with van der Waals surface area (Å²) in [7, 11) is 0. The van der Waals surface area contributed by atoms with E-state index in [0.717, 1.165) is 43.5 Å². The summed E-state index contributed by atoms with van der Waals surface area (Å²) < 4.78 is 0.688. The van der Waals surface area contributed by atoms with Crippen molar-refractivity contribution in [3.8, 4) is 11.1 Å². The van der Waals surface area contributed by atoms with Crippen molar-refractivity contribution < 1.29 is 0 Å². The molecule has 0 aliphatic carbocycles. The molecule has 0 amide bonds. The summed E-state index contributed by atoms with van der Waals surface area (Å²) in [6.07, 6.45) is 3.31. The van der Waals surface area contributed by atoms with Crippen LogP contribution in [0.2, 0.25) is 0 Å². The van der Waals surface area contributed by atoms with Gasteiger partial charge in [-0.1, -0.05) is 67.6 Å². The van der Waals surface area contributed by atoms with Gasteiger partial charge in [-0.3, -0.25) is 0 Å². The van der Waals surface area contributed by atoms with E-state index in [2.05, 4.69) is 94.6 Å². The minimum absolute atomic E-state index is 0.688. The predicted octanol–water partition coefficient (Wildman–Crippen LogP) is 6.39. The van der Waals surface area contributed by atoms with Gasteiger partial charge in [0, 0.05) is 13.1 Å². The number of aromatic nitrogens is 2.